The van der Waals surface area contributed by atoms with Crippen molar-refractivity contribution in [2.75, 3.05) is 36.1 Å². The maximum Gasteiger partial charge on any atom is 0.130 e. The summed E-state index contributed by atoms with van der Waals surface area (Å²) in [6, 6.07) is 5.47. The summed E-state index contributed by atoms with van der Waals surface area (Å²) in [7, 11) is 0. The van der Waals surface area contributed by atoms with Gasteiger partial charge in [-0.3, -0.25) is 0 Å². The first-order chi connectivity index (χ1) is 10.7. The Labute approximate surface area is 132 Å². The van der Waals surface area contributed by atoms with Gasteiger partial charge in [-0.05, 0) is 32.8 Å². The number of rotatable bonds is 2. The third-order valence-corrected chi connectivity index (χ3v) is 5.01. The van der Waals surface area contributed by atoms with Gasteiger partial charge in [-0.15, -0.1) is 0 Å². The lowest BCUT2D eigenvalue weighted by molar-refractivity contribution is -0.00545. The normalized spacial score (nSPS) is 35.0. The van der Waals surface area contributed by atoms with Crippen LogP contribution in [-0.2, 0) is 9.47 Å². The molecule has 4 atom stereocenters. The van der Waals surface area contributed by atoms with Gasteiger partial charge >= 0.3 is 0 Å². The van der Waals surface area contributed by atoms with Crippen LogP contribution in [0.5, 0.6) is 0 Å². The van der Waals surface area contributed by atoms with Gasteiger partial charge in [0.05, 0.1) is 37.5 Å². The predicted molar refractivity (Wildman–Crippen MR) is 86.6 cm³/mol. The van der Waals surface area contributed by atoms with E-state index in [0.29, 0.717) is 12.1 Å². The number of aromatic nitrogens is 1. The van der Waals surface area contributed by atoms with Gasteiger partial charge in [0.1, 0.15) is 5.82 Å². The number of hydrogen-bond donors (Lipinski definition) is 0. The summed E-state index contributed by atoms with van der Waals surface area (Å²) in [6.07, 6.45) is 4.95. The third kappa shape index (κ3) is 2.57. The zero-order chi connectivity index (χ0) is 15.1. The second-order valence-electron chi connectivity index (χ2n) is 6.86. The molecule has 120 valence electrons. The molecular weight excluding hydrogens is 278 g/mol. The van der Waals surface area contributed by atoms with Crippen molar-refractivity contribution < 1.29 is 9.47 Å². The van der Waals surface area contributed by atoms with Crippen LogP contribution in [0.2, 0.25) is 0 Å². The van der Waals surface area contributed by atoms with E-state index in [1.807, 2.05) is 6.20 Å². The largest absolute Gasteiger partial charge is 0.377 e. The van der Waals surface area contributed by atoms with E-state index in [1.165, 1.54) is 18.5 Å². The molecule has 22 heavy (non-hydrogen) atoms. The van der Waals surface area contributed by atoms with Crippen molar-refractivity contribution in [3.63, 3.8) is 0 Å². The van der Waals surface area contributed by atoms with Crippen LogP contribution in [0.4, 0.5) is 11.5 Å². The maximum atomic E-state index is 5.83. The van der Waals surface area contributed by atoms with Gasteiger partial charge < -0.3 is 19.3 Å². The monoisotopic (exact) mass is 303 g/mol. The lowest BCUT2D eigenvalue weighted by atomic mass is 10.2. The molecule has 0 aromatic carbocycles. The van der Waals surface area contributed by atoms with E-state index in [2.05, 4.69) is 40.8 Å². The zero-order valence-corrected chi connectivity index (χ0v) is 13.4. The molecule has 0 aliphatic carbocycles. The SMILES string of the molecule is C[C@@H]1CN(c2cc(N3C4CCC3COC4)ccn2)C[C@H](C)O1. The van der Waals surface area contributed by atoms with E-state index in [0.717, 1.165) is 32.1 Å². The Bertz CT molecular complexity index is 512. The Hall–Kier alpha value is -1.33. The quantitative estimate of drug-likeness (QED) is 0.836. The summed E-state index contributed by atoms with van der Waals surface area (Å²) >= 11 is 0. The second-order valence-corrected chi connectivity index (χ2v) is 6.86. The summed E-state index contributed by atoms with van der Waals surface area (Å²) in [6.45, 7) is 7.82. The Morgan fingerprint density at radius 2 is 1.77 bits per heavy atom. The molecule has 0 saturated carbocycles. The molecule has 3 aliphatic heterocycles. The van der Waals surface area contributed by atoms with Gasteiger partial charge in [-0.25, -0.2) is 4.98 Å². The van der Waals surface area contributed by atoms with Gasteiger partial charge in [-0.1, -0.05) is 0 Å². The maximum absolute atomic E-state index is 5.83. The van der Waals surface area contributed by atoms with Crippen molar-refractivity contribution in [3.05, 3.63) is 18.3 Å². The molecule has 1 aromatic heterocycles. The van der Waals surface area contributed by atoms with E-state index >= 15 is 0 Å². The molecule has 0 radical (unpaired) electrons. The highest BCUT2D eigenvalue weighted by Crippen LogP contribution is 2.35. The Kier molecular flexibility index (Phi) is 3.70. The van der Waals surface area contributed by atoms with Crippen molar-refractivity contribution >= 4 is 11.5 Å². The van der Waals surface area contributed by atoms with Gasteiger partial charge in [0.25, 0.3) is 0 Å². The van der Waals surface area contributed by atoms with E-state index < -0.39 is 0 Å². The van der Waals surface area contributed by atoms with Crippen LogP contribution in [0.3, 0.4) is 0 Å². The Morgan fingerprint density at radius 1 is 1.09 bits per heavy atom. The fourth-order valence-electron chi connectivity index (χ4n) is 4.16. The molecule has 0 N–H and O–H groups in total. The van der Waals surface area contributed by atoms with Crippen LogP contribution in [0, 0.1) is 0 Å². The fourth-order valence-corrected chi connectivity index (χ4v) is 4.16. The lowest BCUT2D eigenvalue weighted by Gasteiger charge is -2.38. The van der Waals surface area contributed by atoms with E-state index in [-0.39, 0.29) is 12.2 Å². The predicted octanol–water partition coefficient (Wildman–Crippen LogP) is 2.06. The van der Waals surface area contributed by atoms with E-state index in [4.69, 9.17) is 9.47 Å². The topological polar surface area (TPSA) is 37.8 Å². The molecule has 5 heteroatoms. The molecule has 4 rings (SSSR count). The Balaban J connectivity index is 1.58. The Morgan fingerprint density at radius 3 is 2.45 bits per heavy atom. The van der Waals surface area contributed by atoms with Gasteiger partial charge in [0, 0.05) is 31.0 Å². The minimum absolute atomic E-state index is 0.258. The van der Waals surface area contributed by atoms with Crippen LogP contribution in [0.1, 0.15) is 26.7 Å². The number of morpholine rings is 2. The summed E-state index contributed by atoms with van der Waals surface area (Å²) in [4.78, 5) is 9.52. The molecule has 3 fully saturated rings. The second kappa shape index (κ2) is 5.70. The summed E-state index contributed by atoms with van der Waals surface area (Å²) in [5.41, 5.74) is 1.30. The van der Waals surface area contributed by atoms with Crippen molar-refractivity contribution in [2.24, 2.45) is 0 Å². The summed E-state index contributed by atoms with van der Waals surface area (Å²) in [5, 5.41) is 0. The summed E-state index contributed by atoms with van der Waals surface area (Å²) in [5.74, 6) is 1.07. The van der Waals surface area contributed by atoms with E-state index in [9.17, 15) is 0 Å². The number of nitrogens with zero attached hydrogens (tertiary/aromatic N) is 3. The molecule has 2 unspecified atom stereocenters. The van der Waals surface area contributed by atoms with Crippen LogP contribution in [-0.4, -0.2) is 55.6 Å². The molecule has 0 spiro atoms. The van der Waals surface area contributed by atoms with Gasteiger partial charge in [-0.2, -0.15) is 0 Å². The molecule has 3 saturated heterocycles. The highest BCUT2D eigenvalue weighted by Gasteiger charge is 2.37. The third-order valence-electron chi connectivity index (χ3n) is 5.01. The molecule has 5 nitrogen and oxygen atoms in total. The van der Waals surface area contributed by atoms with Crippen LogP contribution >= 0.6 is 0 Å². The lowest BCUT2D eigenvalue weighted by Crippen LogP contribution is -2.47. The number of ether oxygens (including phenoxy) is 2. The number of anilines is 2. The van der Waals surface area contributed by atoms with Crippen LogP contribution in [0.25, 0.3) is 0 Å². The van der Waals surface area contributed by atoms with E-state index in [1.54, 1.807) is 0 Å². The van der Waals surface area contributed by atoms with Crippen molar-refractivity contribution in [1.82, 2.24) is 4.98 Å². The molecule has 4 heterocycles. The smallest absolute Gasteiger partial charge is 0.130 e. The zero-order valence-electron chi connectivity index (χ0n) is 13.4. The van der Waals surface area contributed by atoms with Gasteiger partial charge in [0.15, 0.2) is 0 Å². The number of pyridine rings is 1. The average Bonchev–Trinajstić information content (AvgIpc) is 2.76. The van der Waals surface area contributed by atoms with Crippen molar-refractivity contribution in [1.29, 1.82) is 0 Å². The number of fused-ring (bicyclic) bond motifs is 2. The van der Waals surface area contributed by atoms with Crippen molar-refractivity contribution in [3.8, 4) is 0 Å². The first-order valence-corrected chi connectivity index (χ1v) is 8.43. The molecule has 0 amide bonds. The molecule has 3 aliphatic rings. The van der Waals surface area contributed by atoms with Crippen molar-refractivity contribution in [2.45, 2.75) is 51.0 Å². The van der Waals surface area contributed by atoms with Crippen LogP contribution < -0.4 is 9.80 Å². The minimum Gasteiger partial charge on any atom is -0.377 e. The molecule has 2 bridgehead atoms. The van der Waals surface area contributed by atoms with Gasteiger partial charge in [0.2, 0.25) is 0 Å². The first kappa shape index (κ1) is 14.3. The minimum atomic E-state index is 0.258. The highest BCUT2D eigenvalue weighted by molar-refractivity contribution is 5.57. The fraction of sp³-hybridized carbons (Fsp3) is 0.706. The average molecular weight is 303 g/mol. The number of hydrogen-bond acceptors (Lipinski definition) is 5. The van der Waals surface area contributed by atoms with Crippen LogP contribution in [0.15, 0.2) is 18.3 Å². The summed E-state index contributed by atoms with van der Waals surface area (Å²) < 4.78 is 11.5. The molecular formula is C17H25N3O2. The first-order valence-electron chi connectivity index (χ1n) is 8.43. The highest BCUT2D eigenvalue weighted by atomic mass is 16.5. The molecule has 1 aromatic rings. The standard InChI is InChI=1S/C17H25N3O2/c1-12-8-19(9-13(2)22-12)17-7-14(5-6-18-17)20-15-3-4-16(20)11-21-10-15/h5-7,12-13,15-16H,3-4,8-11H2,1-2H3/t12-,13+,15?,16?.